The van der Waals surface area contributed by atoms with Crippen LogP contribution in [-0.2, 0) is 13.0 Å². The molecule has 1 heterocycles. The van der Waals surface area contributed by atoms with E-state index < -0.39 is 0 Å². The Kier molecular flexibility index (Phi) is 2.95. The molecule has 0 spiro atoms. The zero-order valence-electron chi connectivity index (χ0n) is 9.82. The number of fused-ring (bicyclic) bond motifs is 1. The molecule has 0 aromatic carbocycles. The second kappa shape index (κ2) is 4.24. The Hall–Kier alpha value is -1.38. The van der Waals surface area contributed by atoms with Gasteiger partial charge in [0.2, 0.25) is 0 Å². The molecule has 0 radical (unpaired) electrons. The molecule has 0 N–H and O–H groups in total. The lowest BCUT2D eigenvalue weighted by molar-refractivity contribution is 0.0970. The van der Waals surface area contributed by atoms with Crippen molar-refractivity contribution in [2.45, 2.75) is 39.7 Å². The summed E-state index contributed by atoms with van der Waals surface area (Å²) in [5.74, 6) is 0.597. The van der Waals surface area contributed by atoms with Crippen LogP contribution >= 0.6 is 0 Å². The fourth-order valence-corrected chi connectivity index (χ4v) is 2.26. The molecule has 0 atom stereocenters. The summed E-state index contributed by atoms with van der Waals surface area (Å²) in [6.45, 7) is 4.86. The molecule has 1 aliphatic carbocycles. The minimum absolute atomic E-state index is 0.0159. The van der Waals surface area contributed by atoms with Crippen molar-refractivity contribution in [1.29, 1.82) is 0 Å². The van der Waals surface area contributed by atoms with Gasteiger partial charge in [0.15, 0.2) is 5.78 Å². The number of nitrogens with zero attached hydrogens (tertiary/aromatic N) is 1. The molecule has 3 nitrogen and oxygen atoms in total. The van der Waals surface area contributed by atoms with Gasteiger partial charge < -0.3 is 4.57 Å². The van der Waals surface area contributed by atoms with E-state index in [-0.39, 0.29) is 11.3 Å². The van der Waals surface area contributed by atoms with Crippen LogP contribution in [0.2, 0.25) is 0 Å². The quantitative estimate of drug-likeness (QED) is 0.763. The van der Waals surface area contributed by atoms with Crippen molar-refractivity contribution in [2.75, 3.05) is 0 Å². The maximum atomic E-state index is 11.8. The Labute approximate surface area is 95.1 Å². The molecule has 0 bridgehead atoms. The van der Waals surface area contributed by atoms with Crippen molar-refractivity contribution in [3.05, 3.63) is 33.7 Å². The van der Waals surface area contributed by atoms with Crippen LogP contribution < -0.4 is 5.56 Å². The van der Waals surface area contributed by atoms with E-state index in [1.807, 2.05) is 0 Å². The van der Waals surface area contributed by atoms with Crippen LogP contribution in [0.15, 0.2) is 16.9 Å². The molecule has 0 amide bonds. The number of hydrogen-bond donors (Lipinski definition) is 0. The highest BCUT2D eigenvalue weighted by Crippen LogP contribution is 2.20. The fraction of sp³-hybridized carbons (Fsp3) is 0.538. The molecular weight excluding hydrogens is 202 g/mol. The average Bonchev–Trinajstić information content (AvgIpc) is 2.22. The topological polar surface area (TPSA) is 39.1 Å². The Morgan fingerprint density at radius 3 is 2.69 bits per heavy atom. The molecule has 1 aromatic rings. The highest BCUT2D eigenvalue weighted by atomic mass is 16.1. The predicted molar refractivity (Wildman–Crippen MR) is 62.8 cm³/mol. The number of carbonyl (C=O) groups excluding carboxylic acids is 1. The molecule has 0 aliphatic heterocycles. The third-order valence-corrected chi connectivity index (χ3v) is 2.96. The molecule has 86 valence electrons. The second-order valence-electron chi connectivity index (χ2n) is 4.81. The summed E-state index contributed by atoms with van der Waals surface area (Å²) < 4.78 is 1.77. The Morgan fingerprint density at radius 1 is 1.25 bits per heavy atom. The summed E-state index contributed by atoms with van der Waals surface area (Å²) in [6.07, 6.45) is 2.34. The van der Waals surface area contributed by atoms with Crippen molar-refractivity contribution in [3.8, 4) is 0 Å². The average molecular weight is 219 g/mol. The molecule has 0 saturated carbocycles. The van der Waals surface area contributed by atoms with E-state index >= 15 is 0 Å². The van der Waals surface area contributed by atoms with Crippen molar-refractivity contribution in [1.82, 2.24) is 4.57 Å². The van der Waals surface area contributed by atoms with Gasteiger partial charge in [0, 0.05) is 30.3 Å². The number of aromatic nitrogens is 1. The fourth-order valence-electron chi connectivity index (χ4n) is 2.26. The molecule has 0 unspecified atom stereocenters. The van der Waals surface area contributed by atoms with E-state index in [4.69, 9.17) is 0 Å². The van der Waals surface area contributed by atoms with Crippen molar-refractivity contribution in [2.24, 2.45) is 5.92 Å². The smallest absolute Gasteiger partial charge is 0.250 e. The van der Waals surface area contributed by atoms with Crippen LogP contribution in [0.3, 0.4) is 0 Å². The van der Waals surface area contributed by atoms with Gasteiger partial charge in [-0.2, -0.15) is 0 Å². The Balaban J connectivity index is 2.54. The second-order valence-corrected chi connectivity index (χ2v) is 4.81. The van der Waals surface area contributed by atoms with Crippen LogP contribution in [0.4, 0.5) is 0 Å². The van der Waals surface area contributed by atoms with Crippen LogP contribution in [0.1, 0.15) is 42.7 Å². The lowest BCUT2D eigenvalue weighted by atomic mass is 9.94. The van der Waals surface area contributed by atoms with Gasteiger partial charge in [0.1, 0.15) is 0 Å². The summed E-state index contributed by atoms with van der Waals surface area (Å²) in [5.41, 5.74) is 1.71. The highest BCUT2D eigenvalue weighted by molar-refractivity contribution is 5.97. The normalized spacial score (nSPS) is 15.3. The van der Waals surface area contributed by atoms with Crippen LogP contribution in [0, 0.1) is 5.92 Å². The van der Waals surface area contributed by atoms with Gasteiger partial charge in [0.05, 0.1) is 0 Å². The largest absolute Gasteiger partial charge is 0.312 e. The summed E-state index contributed by atoms with van der Waals surface area (Å²) >= 11 is 0. The van der Waals surface area contributed by atoms with Gasteiger partial charge in [-0.1, -0.05) is 13.8 Å². The van der Waals surface area contributed by atoms with Gasteiger partial charge in [0.25, 0.3) is 5.56 Å². The van der Waals surface area contributed by atoms with Crippen LogP contribution in [0.5, 0.6) is 0 Å². The van der Waals surface area contributed by atoms with E-state index in [1.54, 1.807) is 10.6 Å². The van der Waals surface area contributed by atoms with Crippen LogP contribution in [0.25, 0.3) is 0 Å². The first-order chi connectivity index (χ1) is 7.59. The third-order valence-electron chi connectivity index (χ3n) is 2.96. The van der Waals surface area contributed by atoms with Crippen molar-refractivity contribution in [3.63, 3.8) is 0 Å². The first kappa shape index (κ1) is 11.1. The Morgan fingerprint density at radius 2 is 2.00 bits per heavy atom. The van der Waals surface area contributed by atoms with E-state index in [1.165, 1.54) is 6.07 Å². The van der Waals surface area contributed by atoms with E-state index in [0.29, 0.717) is 18.9 Å². The molecule has 2 rings (SSSR count). The maximum absolute atomic E-state index is 11.8. The van der Waals surface area contributed by atoms with Gasteiger partial charge in [-0.25, -0.2) is 0 Å². The minimum atomic E-state index is 0.0159. The standard InChI is InChI=1S/C13H17NO2/c1-9(2)8-14-11-4-3-5-12(15)10(11)6-7-13(14)16/h6-7,9H,3-5,8H2,1-2H3. The minimum Gasteiger partial charge on any atom is -0.312 e. The number of ketones is 1. The van der Waals surface area contributed by atoms with Crippen LogP contribution in [-0.4, -0.2) is 10.4 Å². The molecule has 1 aromatic heterocycles. The molecule has 16 heavy (non-hydrogen) atoms. The molecule has 0 fully saturated rings. The lowest BCUT2D eigenvalue weighted by Crippen LogP contribution is -2.29. The SMILES string of the molecule is CC(C)Cn1c2c(ccc1=O)C(=O)CCC2. The van der Waals surface area contributed by atoms with E-state index in [9.17, 15) is 9.59 Å². The van der Waals surface area contributed by atoms with Gasteiger partial charge in [-0.05, 0) is 24.8 Å². The monoisotopic (exact) mass is 219 g/mol. The van der Waals surface area contributed by atoms with Gasteiger partial charge in [-0.15, -0.1) is 0 Å². The maximum Gasteiger partial charge on any atom is 0.250 e. The lowest BCUT2D eigenvalue weighted by Gasteiger charge is -2.21. The zero-order chi connectivity index (χ0) is 11.7. The first-order valence-electron chi connectivity index (χ1n) is 5.85. The predicted octanol–water partition coefficient (Wildman–Crippen LogP) is 2.02. The van der Waals surface area contributed by atoms with E-state index in [2.05, 4.69) is 13.8 Å². The number of carbonyl (C=O) groups is 1. The van der Waals surface area contributed by atoms with Gasteiger partial charge in [-0.3, -0.25) is 9.59 Å². The molecule has 3 heteroatoms. The Bertz CT molecular complexity index is 471. The summed E-state index contributed by atoms with van der Waals surface area (Å²) in [5, 5.41) is 0. The number of Topliss-reactive ketones (excluding diaryl/α,β-unsaturated/α-hetero) is 1. The number of pyridine rings is 1. The van der Waals surface area contributed by atoms with Crippen molar-refractivity contribution >= 4 is 5.78 Å². The summed E-state index contributed by atoms with van der Waals surface area (Å²) in [4.78, 5) is 23.5. The number of rotatable bonds is 2. The van der Waals surface area contributed by atoms with Crippen molar-refractivity contribution < 1.29 is 4.79 Å². The van der Waals surface area contributed by atoms with E-state index in [0.717, 1.165) is 24.1 Å². The highest BCUT2D eigenvalue weighted by Gasteiger charge is 2.20. The zero-order valence-corrected chi connectivity index (χ0v) is 9.82. The molecule has 1 aliphatic rings. The molecule has 0 saturated heterocycles. The molecular formula is C13H17NO2. The number of hydrogen-bond acceptors (Lipinski definition) is 2. The summed E-state index contributed by atoms with van der Waals surface area (Å²) in [6, 6.07) is 3.21. The third kappa shape index (κ3) is 1.94. The summed E-state index contributed by atoms with van der Waals surface area (Å²) in [7, 11) is 0. The first-order valence-corrected chi connectivity index (χ1v) is 5.85. The van der Waals surface area contributed by atoms with Gasteiger partial charge >= 0.3 is 0 Å².